The van der Waals surface area contributed by atoms with Gasteiger partial charge in [-0.05, 0) is 63.2 Å². The number of fused-ring (bicyclic) bond motifs is 7. The highest BCUT2D eigenvalue weighted by atomic mass is 28.3. The fraction of sp³-hybridized carbons (Fsp3) is 0. The Labute approximate surface area is 312 Å². The smallest absolute Gasteiger partial charge is 0.179 e. The summed E-state index contributed by atoms with van der Waals surface area (Å²) in [6.45, 7) is 0. The molecule has 0 radical (unpaired) electrons. The van der Waals surface area contributed by atoms with Crippen LogP contribution in [0.15, 0.2) is 206 Å². The number of aromatic nitrogens is 2. The topological polar surface area (TPSA) is 9.86 Å². The van der Waals surface area contributed by atoms with Crippen LogP contribution in [0.1, 0.15) is 13.7 Å². The van der Waals surface area contributed by atoms with E-state index >= 15 is 0 Å². The molecular weight excluding hydrogens is 633 g/mol. The molecule has 3 heteroatoms. The number of hydrogen-bond donors (Lipinski definition) is 0. The van der Waals surface area contributed by atoms with Crippen molar-refractivity contribution in [1.82, 2.24) is 9.13 Å². The molecule has 0 unspecified atom stereocenters. The molecule has 0 aliphatic rings. The lowest BCUT2D eigenvalue weighted by Crippen LogP contribution is -2.74. The van der Waals surface area contributed by atoms with E-state index in [4.69, 9.17) is 8.22 Å². The third-order valence-corrected chi connectivity index (χ3v) is 14.4. The Morgan fingerprint density at radius 2 is 0.863 bits per heavy atom. The summed E-state index contributed by atoms with van der Waals surface area (Å²) in [5.74, 6) is 0. The van der Waals surface area contributed by atoms with Gasteiger partial charge in [0.2, 0.25) is 0 Å². The van der Waals surface area contributed by atoms with Crippen LogP contribution in [0.4, 0.5) is 0 Å². The van der Waals surface area contributed by atoms with Crippen LogP contribution >= 0.6 is 0 Å². The minimum absolute atomic E-state index is 0.0935. The summed E-state index contributed by atoms with van der Waals surface area (Å²) >= 11 is 0. The van der Waals surface area contributed by atoms with Gasteiger partial charge in [-0.1, -0.05) is 164 Å². The summed E-state index contributed by atoms with van der Waals surface area (Å²) in [6.07, 6.45) is 0. The SMILES string of the molecule is [2H]c1c([2H])c([2H])c([Si](c2ccccc2)(c2ccc(-n3c4ccccc4c4c3ccc3c5ccccc5n(-c5ccccc5)c34)cc2)c2c([2H])c([2H])c([2H])c([2H])c2[2H])c([2H])c1[2H]. The van der Waals surface area contributed by atoms with E-state index in [0.717, 1.165) is 55.0 Å². The van der Waals surface area contributed by atoms with Crippen LogP contribution in [0.2, 0.25) is 0 Å². The van der Waals surface area contributed by atoms with Gasteiger partial charge in [0.1, 0.15) is 0 Å². The zero-order valence-corrected chi connectivity index (χ0v) is 28.3. The molecule has 0 aliphatic carbocycles. The highest BCUT2D eigenvalue weighted by Crippen LogP contribution is 2.41. The van der Waals surface area contributed by atoms with Crippen molar-refractivity contribution in [2.75, 3.05) is 0 Å². The van der Waals surface area contributed by atoms with Crippen molar-refractivity contribution in [1.29, 1.82) is 0 Å². The van der Waals surface area contributed by atoms with Crippen molar-refractivity contribution in [2.45, 2.75) is 0 Å². The Kier molecular flexibility index (Phi) is 4.87. The highest BCUT2D eigenvalue weighted by molar-refractivity contribution is 7.19. The summed E-state index contributed by atoms with van der Waals surface area (Å²) in [6, 6.07) is 42.1. The molecule has 2 aromatic heterocycles. The van der Waals surface area contributed by atoms with Crippen molar-refractivity contribution in [2.24, 2.45) is 0 Å². The molecule has 0 spiro atoms. The Balaban J connectivity index is 1.31. The lowest BCUT2D eigenvalue weighted by molar-refractivity contribution is 1.17. The summed E-state index contributed by atoms with van der Waals surface area (Å²) in [5, 5.41) is 5.13. The third-order valence-electron chi connectivity index (χ3n) is 10.00. The van der Waals surface area contributed by atoms with Crippen molar-refractivity contribution >= 4 is 72.4 Å². The van der Waals surface area contributed by atoms with Crippen molar-refractivity contribution in [3.63, 3.8) is 0 Å². The van der Waals surface area contributed by atoms with Crippen LogP contribution < -0.4 is 20.7 Å². The summed E-state index contributed by atoms with van der Waals surface area (Å²) < 4.78 is 94.0. The molecule has 10 aromatic rings. The molecule has 0 fully saturated rings. The van der Waals surface area contributed by atoms with E-state index in [1.54, 1.807) is 30.3 Å². The normalized spacial score (nSPS) is 14.7. The largest absolute Gasteiger partial charge is 0.309 e. The molecule has 0 N–H and O–H groups in total. The highest BCUT2D eigenvalue weighted by Gasteiger charge is 2.41. The minimum atomic E-state index is -4.37. The lowest BCUT2D eigenvalue weighted by Gasteiger charge is -2.34. The fourth-order valence-electron chi connectivity index (χ4n) is 7.92. The molecule has 0 amide bonds. The van der Waals surface area contributed by atoms with Crippen LogP contribution in [0.25, 0.3) is 55.0 Å². The van der Waals surface area contributed by atoms with E-state index in [1.165, 1.54) is 0 Å². The summed E-state index contributed by atoms with van der Waals surface area (Å²) in [5.41, 5.74) is 5.85. The monoisotopic (exact) mass is 676 g/mol. The summed E-state index contributed by atoms with van der Waals surface area (Å²) in [4.78, 5) is 0. The van der Waals surface area contributed by atoms with Gasteiger partial charge in [-0.2, -0.15) is 0 Å². The predicted octanol–water partition coefficient (Wildman–Crippen LogP) is 9.26. The molecule has 240 valence electrons. The number of para-hydroxylation sites is 3. The summed E-state index contributed by atoms with van der Waals surface area (Å²) in [7, 11) is -4.37. The van der Waals surface area contributed by atoms with Gasteiger partial charge < -0.3 is 9.13 Å². The van der Waals surface area contributed by atoms with E-state index < -0.39 is 68.5 Å². The molecule has 10 rings (SSSR count). The average Bonchev–Trinajstić information content (AvgIpc) is 3.82. The zero-order valence-electron chi connectivity index (χ0n) is 37.3. The van der Waals surface area contributed by atoms with Gasteiger partial charge in [-0.3, -0.25) is 0 Å². The number of benzene rings is 8. The maximum absolute atomic E-state index is 9.35. The van der Waals surface area contributed by atoms with Gasteiger partial charge in [0.25, 0.3) is 0 Å². The van der Waals surface area contributed by atoms with E-state index in [1.807, 2.05) is 54.6 Å². The second-order valence-corrected chi connectivity index (χ2v) is 16.2. The molecule has 0 aliphatic heterocycles. The average molecular weight is 677 g/mol. The molecular formula is C48H34N2Si. The van der Waals surface area contributed by atoms with Crippen LogP contribution in [0.3, 0.4) is 0 Å². The Hall–Kier alpha value is -6.42. The van der Waals surface area contributed by atoms with Crippen LogP contribution in [0, 0.1) is 0 Å². The van der Waals surface area contributed by atoms with Crippen molar-refractivity contribution < 1.29 is 13.7 Å². The maximum Gasteiger partial charge on any atom is 0.179 e. The number of rotatable bonds is 6. The van der Waals surface area contributed by atoms with Crippen LogP contribution in [0.5, 0.6) is 0 Å². The first kappa shape index (κ1) is 20.9. The lowest BCUT2D eigenvalue weighted by atomic mass is 10.1. The standard InChI is InChI=1S/C48H34N2Si/c1-5-17-35(18-6-1)50-44-27-15-13-25-41(44)42-33-34-46-47(48(42)50)43-26-14-16-28-45(43)49(46)36-29-31-40(32-30-36)51(37-19-7-2-8-20-37,38-21-9-3-10-22-38)39-23-11-4-12-24-39/h1-34H/i2D,3D,7D,8D,9D,10D,19D,20D,21D,22D. The number of hydrogen-bond acceptors (Lipinski definition) is 0. The first-order chi connectivity index (χ1) is 29.5. The minimum Gasteiger partial charge on any atom is -0.309 e. The third kappa shape index (κ3) is 4.42. The molecule has 2 heterocycles. The maximum atomic E-state index is 9.35. The Morgan fingerprint density at radius 3 is 1.51 bits per heavy atom. The molecule has 0 saturated carbocycles. The van der Waals surface area contributed by atoms with Crippen LogP contribution in [-0.4, -0.2) is 17.2 Å². The molecule has 2 nitrogen and oxygen atoms in total. The second-order valence-electron chi connectivity index (χ2n) is 12.6. The van der Waals surface area contributed by atoms with Crippen molar-refractivity contribution in [3.8, 4) is 11.4 Å². The second kappa shape index (κ2) is 11.9. The van der Waals surface area contributed by atoms with E-state index in [-0.39, 0.29) is 10.4 Å². The predicted molar refractivity (Wildman–Crippen MR) is 219 cm³/mol. The van der Waals surface area contributed by atoms with E-state index in [2.05, 4.69) is 69.8 Å². The van der Waals surface area contributed by atoms with Gasteiger partial charge in [0.15, 0.2) is 8.07 Å². The van der Waals surface area contributed by atoms with Gasteiger partial charge in [-0.25, -0.2) is 0 Å². The van der Waals surface area contributed by atoms with Gasteiger partial charge in [0.05, 0.1) is 35.8 Å². The molecule has 0 bridgehead atoms. The first-order valence-corrected chi connectivity index (χ1v) is 18.8. The van der Waals surface area contributed by atoms with Crippen LogP contribution in [-0.2, 0) is 0 Å². The molecule has 0 saturated heterocycles. The first-order valence-electron chi connectivity index (χ1n) is 21.8. The van der Waals surface area contributed by atoms with E-state index in [0.29, 0.717) is 10.4 Å². The number of nitrogens with zero attached hydrogens (tertiary/aromatic N) is 2. The Morgan fingerprint density at radius 1 is 0.353 bits per heavy atom. The zero-order chi connectivity index (χ0) is 42.5. The van der Waals surface area contributed by atoms with Crippen molar-refractivity contribution in [3.05, 3.63) is 206 Å². The van der Waals surface area contributed by atoms with E-state index in [9.17, 15) is 5.48 Å². The van der Waals surface area contributed by atoms with Gasteiger partial charge in [-0.15, -0.1) is 0 Å². The molecule has 51 heavy (non-hydrogen) atoms. The molecule has 8 aromatic carbocycles. The van der Waals surface area contributed by atoms with Gasteiger partial charge >= 0.3 is 0 Å². The molecule has 0 atom stereocenters. The Bertz CT molecular complexity index is 3290. The fourth-order valence-corrected chi connectivity index (χ4v) is 12.0. The quantitative estimate of drug-likeness (QED) is 0.123. The van der Waals surface area contributed by atoms with Gasteiger partial charge in [0, 0.05) is 32.9 Å².